The van der Waals surface area contributed by atoms with Gasteiger partial charge in [0.1, 0.15) is 6.17 Å². The molecule has 2 saturated carbocycles. The Morgan fingerprint density at radius 3 is 2.75 bits per heavy atom. The van der Waals surface area contributed by atoms with Crippen LogP contribution in [0, 0.1) is 23.7 Å². The van der Waals surface area contributed by atoms with E-state index < -0.39 is 6.17 Å². The van der Waals surface area contributed by atoms with Gasteiger partial charge in [-0.1, -0.05) is 6.42 Å². The lowest BCUT2D eigenvalue weighted by Gasteiger charge is -2.30. The molecule has 0 aromatic rings. The Kier molecular flexibility index (Phi) is 3.19. The first kappa shape index (κ1) is 11.0. The summed E-state index contributed by atoms with van der Waals surface area (Å²) < 4.78 is 14.2. The van der Waals surface area contributed by atoms with Gasteiger partial charge in [-0.2, -0.15) is 0 Å². The summed E-state index contributed by atoms with van der Waals surface area (Å²) in [5.74, 6) is 2.90. The average molecular weight is 225 g/mol. The fraction of sp³-hybridized carbons (Fsp3) is 1.00. The van der Waals surface area contributed by atoms with Crippen LogP contribution in [-0.2, 0) is 0 Å². The maximum Gasteiger partial charge on any atom is 0.104 e. The first-order valence-corrected chi connectivity index (χ1v) is 7.17. The Bertz CT molecular complexity index is 237. The van der Waals surface area contributed by atoms with Crippen LogP contribution in [0.1, 0.15) is 44.9 Å². The van der Waals surface area contributed by atoms with Crippen molar-refractivity contribution in [1.29, 1.82) is 0 Å². The van der Waals surface area contributed by atoms with Gasteiger partial charge in [-0.15, -0.1) is 0 Å². The van der Waals surface area contributed by atoms with Crippen LogP contribution in [0.25, 0.3) is 0 Å². The molecule has 16 heavy (non-hydrogen) atoms. The van der Waals surface area contributed by atoms with Crippen molar-refractivity contribution in [2.75, 3.05) is 13.1 Å². The molecule has 92 valence electrons. The molecule has 2 bridgehead atoms. The maximum absolute atomic E-state index is 14.2. The summed E-state index contributed by atoms with van der Waals surface area (Å²) in [5, 5.41) is 3.33. The number of alkyl halides is 1. The second kappa shape index (κ2) is 4.64. The minimum atomic E-state index is -0.530. The minimum absolute atomic E-state index is 0.313. The molecule has 3 fully saturated rings. The summed E-state index contributed by atoms with van der Waals surface area (Å²) in [4.78, 5) is 0. The second-order valence-electron chi connectivity index (χ2n) is 6.29. The Labute approximate surface area is 98.2 Å². The molecule has 0 aromatic carbocycles. The van der Waals surface area contributed by atoms with Crippen molar-refractivity contribution < 1.29 is 4.39 Å². The smallest absolute Gasteiger partial charge is 0.104 e. The summed E-state index contributed by atoms with van der Waals surface area (Å²) in [5.41, 5.74) is 0. The average Bonchev–Trinajstić information content (AvgIpc) is 2.92. The number of hydrogen-bond donors (Lipinski definition) is 1. The lowest BCUT2D eigenvalue weighted by atomic mass is 9.81. The molecular weight excluding hydrogens is 201 g/mol. The van der Waals surface area contributed by atoms with Gasteiger partial charge in [-0.05, 0) is 62.8 Å². The molecule has 0 radical (unpaired) electrons. The summed E-state index contributed by atoms with van der Waals surface area (Å²) in [6, 6.07) is 0. The Hall–Kier alpha value is -0.110. The molecule has 1 heterocycles. The highest BCUT2D eigenvalue weighted by molar-refractivity contribution is 4.92. The van der Waals surface area contributed by atoms with Gasteiger partial charge < -0.3 is 5.32 Å². The third kappa shape index (κ3) is 2.13. The van der Waals surface area contributed by atoms with E-state index in [0.29, 0.717) is 5.92 Å². The van der Waals surface area contributed by atoms with Gasteiger partial charge in [0.25, 0.3) is 0 Å². The summed E-state index contributed by atoms with van der Waals surface area (Å²) >= 11 is 0. The third-order valence-corrected chi connectivity index (χ3v) is 5.26. The first-order chi connectivity index (χ1) is 7.83. The van der Waals surface area contributed by atoms with Crippen LogP contribution in [0.4, 0.5) is 4.39 Å². The van der Waals surface area contributed by atoms with Crippen molar-refractivity contribution >= 4 is 0 Å². The van der Waals surface area contributed by atoms with E-state index in [4.69, 9.17) is 0 Å². The van der Waals surface area contributed by atoms with Gasteiger partial charge in [-0.3, -0.25) is 0 Å². The topological polar surface area (TPSA) is 12.0 Å². The molecule has 1 saturated heterocycles. The summed E-state index contributed by atoms with van der Waals surface area (Å²) in [6.45, 7) is 2.01. The molecular formula is C14H24FN. The fourth-order valence-electron chi connectivity index (χ4n) is 4.33. The van der Waals surface area contributed by atoms with E-state index in [1.54, 1.807) is 0 Å². The van der Waals surface area contributed by atoms with Gasteiger partial charge in [0.05, 0.1) is 0 Å². The number of rotatable bonds is 3. The van der Waals surface area contributed by atoms with Crippen LogP contribution in [0.3, 0.4) is 0 Å². The summed E-state index contributed by atoms with van der Waals surface area (Å²) in [6.07, 6.45) is 8.20. The quantitative estimate of drug-likeness (QED) is 0.778. The third-order valence-electron chi connectivity index (χ3n) is 5.26. The molecule has 3 aliphatic rings. The molecule has 5 atom stereocenters. The molecule has 1 nitrogen and oxygen atoms in total. The van der Waals surface area contributed by atoms with Crippen molar-refractivity contribution in [2.24, 2.45) is 23.7 Å². The number of piperidine rings is 1. The van der Waals surface area contributed by atoms with E-state index in [1.165, 1.54) is 32.1 Å². The molecule has 5 unspecified atom stereocenters. The molecule has 2 heteroatoms. The maximum atomic E-state index is 14.2. The molecule has 2 aliphatic carbocycles. The lowest BCUT2D eigenvalue weighted by Crippen LogP contribution is -2.36. The predicted molar refractivity (Wildman–Crippen MR) is 64.0 cm³/mol. The predicted octanol–water partition coefficient (Wildman–Crippen LogP) is 3.15. The van der Waals surface area contributed by atoms with E-state index in [1.807, 2.05) is 0 Å². The van der Waals surface area contributed by atoms with E-state index in [-0.39, 0.29) is 0 Å². The van der Waals surface area contributed by atoms with Crippen LogP contribution < -0.4 is 5.32 Å². The largest absolute Gasteiger partial charge is 0.316 e. The van der Waals surface area contributed by atoms with E-state index in [9.17, 15) is 4.39 Å². The number of halogens is 1. The van der Waals surface area contributed by atoms with Crippen molar-refractivity contribution in [1.82, 2.24) is 5.32 Å². The highest BCUT2D eigenvalue weighted by Gasteiger charge is 2.41. The van der Waals surface area contributed by atoms with Crippen LogP contribution in [0.5, 0.6) is 0 Å². The number of fused-ring (bicyclic) bond motifs is 2. The van der Waals surface area contributed by atoms with E-state index >= 15 is 0 Å². The Balaban J connectivity index is 1.50. The molecule has 1 aliphatic heterocycles. The summed E-state index contributed by atoms with van der Waals surface area (Å²) in [7, 11) is 0. The molecule has 0 amide bonds. The second-order valence-corrected chi connectivity index (χ2v) is 6.29. The highest BCUT2D eigenvalue weighted by Crippen LogP contribution is 2.50. The van der Waals surface area contributed by atoms with Crippen LogP contribution in [-0.4, -0.2) is 19.3 Å². The molecule has 0 spiro atoms. The first-order valence-electron chi connectivity index (χ1n) is 7.17. The zero-order valence-corrected chi connectivity index (χ0v) is 10.1. The van der Waals surface area contributed by atoms with Gasteiger partial charge in [-0.25, -0.2) is 4.39 Å². The monoisotopic (exact) mass is 225 g/mol. The van der Waals surface area contributed by atoms with Gasteiger partial charge >= 0.3 is 0 Å². The fourth-order valence-corrected chi connectivity index (χ4v) is 4.33. The van der Waals surface area contributed by atoms with Gasteiger partial charge in [0, 0.05) is 12.5 Å². The van der Waals surface area contributed by atoms with Crippen molar-refractivity contribution in [2.45, 2.75) is 51.1 Å². The Morgan fingerprint density at radius 1 is 1.19 bits per heavy atom. The molecule has 1 N–H and O–H groups in total. The van der Waals surface area contributed by atoms with Crippen LogP contribution >= 0.6 is 0 Å². The minimum Gasteiger partial charge on any atom is -0.316 e. The van der Waals surface area contributed by atoms with Gasteiger partial charge in [0.15, 0.2) is 0 Å². The SMILES string of the molecule is FC(CC1CC2CCC1C2)C1CCCNC1. The standard InChI is InChI=1S/C14H24FN/c15-14(12-2-1-5-16-9-12)8-13-7-10-3-4-11(13)6-10/h10-14,16H,1-9H2. The number of hydrogen-bond acceptors (Lipinski definition) is 1. The van der Waals surface area contributed by atoms with Crippen molar-refractivity contribution in [3.8, 4) is 0 Å². The van der Waals surface area contributed by atoms with Gasteiger partial charge in [0.2, 0.25) is 0 Å². The zero-order chi connectivity index (χ0) is 11.0. The lowest BCUT2D eigenvalue weighted by molar-refractivity contribution is 0.140. The molecule has 3 rings (SSSR count). The van der Waals surface area contributed by atoms with Crippen molar-refractivity contribution in [3.05, 3.63) is 0 Å². The highest BCUT2D eigenvalue weighted by atomic mass is 19.1. The van der Waals surface area contributed by atoms with E-state index in [0.717, 1.165) is 43.7 Å². The Morgan fingerprint density at radius 2 is 2.12 bits per heavy atom. The molecule has 0 aromatic heterocycles. The normalized spacial score (nSPS) is 44.8. The zero-order valence-electron chi connectivity index (χ0n) is 10.1. The van der Waals surface area contributed by atoms with E-state index in [2.05, 4.69) is 5.32 Å². The van der Waals surface area contributed by atoms with Crippen molar-refractivity contribution in [3.63, 3.8) is 0 Å². The van der Waals surface area contributed by atoms with Crippen LogP contribution in [0.15, 0.2) is 0 Å². The number of nitrogens with one attached hydrogen (secondary N) is 1. The van der Waals surface area contributed by atoms with Crippen LogP contribution in [0.2, 0.25) is 0 Å².